The molecule has 0 aromatic heterocycles. The fraction of sp³-hybridized carbons (Fsp3) is 0.429. The van der Waals surface area contributed by atoms with Crippen molar-refractivity contribution in [1.29, 1.82) is 0 Å². The fourth-order valence-electron chi connectivity index (χ4n) is 2.55. The Morgan fingerprint density at radius 3 is 2.40 bits per heavy atom. The summed E-state index contributed by atoms with van der Waals surface area (Å²) in [5.41, 5.74) is 0.935. The van der Waals surface area contributed by atoms with E-state index in [-0.39, 0.29) is 0 Å². The Morgan fingerprint density at radius 2 is 1.80 bits per heavy atom. The number of rotatable bonds is 2. The molecule has 1 aliphatic carbocycles. The van der Waals surface area contributed by atoms with Gasteiger partial charge in [0.15, 0.2) is 0 Å². The molecule has 0 heterocycles. The molecule has 1 unspecified atom stereocenters. The van der Waals surface area contributed by atoms with Gasteiger partial charge in [-0.3, -0.25) is 0 Å². The molecule has 0 saturated heterocycles. The number of hydrogen-bond donors (Lipinski definition) is 0. The van der Waals surface area contributed by atoms with Crippen LogP contribution in [0, 0.1) is 0 Å². The summed E-state index contributed by atoms with van der Waals surface area (Å²) in [7, 11) is -1.23. The third kappa shape index (κ3) is 2.23. The molecule has 1 aromatic carbocycles. The van der Waals surface area contributed by atoms with Crippen LogP contribution in [-0.4, -0.2) is 8.07 Å². The topological polar surface area (TPSA) is 0 Å². The van der Waals surface area contributed by atoms with Crippen molar-refractivity contribution in [2.24, 2.45) is 0 Å². The van der Waals surface area contributed by atoms with E-state index in [1.807, 2.05) is 0 Å². The molecule has 1 aliphatic rings. The van der Waals surface area contributed by atoms with Crippen molar-refractivity contribution in [2.45, 2.75) is 37.9 Å². The lowest BCUT2D eigenvalue weighted by molar-refractivity contribution is 0.706. The average molecular weight is 216 g/mol. The molecule has 0 N–H and O–H groups in total. The van der Waals surface area contributed by atoms with Crippen LogP contribution < -0.4 is 5.19 Å². The Kier molecular flexibility index (Phi) is 3.10. The zero-order chi connectivity index (χ0) is 10.7. The zero-order valence-electron chi connectivity index (χ0n) is 9.74. The molecule has 0 nitrogen and oxygen atoms in total. The van der Waals surface area contributed by atoms with Crippen LogP contribution in [0.15, 0.2) is 42.5 Å². The fourth-order valence-corrected chi connectivity index (χ4v) is 5.69. The van der Waals surface area contributed by atoms with Gasteiger partial charge in [0.25, 0.3) is 0 Å². The third-order valence-electron chi connectivity index (χ3n) is 3.81. The maximum Gasteiger partial charge on any atom is 0.0839 e. The highest BCUT2D eigenvalue weighted by Crippen LogP contribution is 2.33. The number of hydrogen-bond acceptors (Lipinski definition) is 0. The molecule has 1 aromatic rings. The van der Waals surface area contributed by atoms with Gasteiger partial charge in [0.1, 0.15) is 0 Å². The van der Waals surface area contributed by atoms with E-state index in [9.17, 15) is 0 Å². The SMILES string of the molecule is C[Si](C)(c1ccccc1)C1CC=CCC1. The minimum Gasteiger partial charge on any atom is -0.0885 e. The van der Waals surface area contributed by atoms with Gasteiger partial charge in [-0.2, -0.15) is 0 Å². The van der Waals surface area contributed by atoms with E-state index in [2.05, 4.69) is 55.6 Å². The lowest BCUT2D eigenvalue weighted by Crippen LogP contribution is -2.46. The van der Waals surface area contributed by atoms with E-state index < -0.39 is 8.07 Å². The van der Waals surface area contributed by atoms with Gasteiger partial charge >= 0.3 is 0 Å². The van der Waals surface area contributed by atoms with Crippen molar-refractivity contribution in [3.63, 3.8) is 0 Å². The minimum absolute atomic E-state index is 0.935. The summed E-state index contributed by atoms with van der Waals surface area (Å²) in [6.07, 6.45) is 8.70. The lowest BCUT2D eigenvalue weighted by Gasteiger charge is -2.34. The van der Waals surface area contributed by atoms with Crippen molar-refractivity contribution in [1.82, 2.24) is 0 Å². The average Bonchev–Trinajstić information content (AvgIpc) is 2.31. The molecule has 15 heavy (non-hydrogen) atoms. The number of benzene rings is 1. The standard InChI is InChI=1S/C14H20Si/c1-15(2,13-9-5-3-6-10-13)14-11-7-4-8-12-14/h3-7,9-10,14H,8,11-12H2,1-2H3. The van der Waals surface area contributed by atoms with Crippen LogP contribution in [0.1, 0.15) is 19.3 Å². The summed E-state index contributed by atoms with van der Waals surface area (Å²) in [6.45, 7) is 5.04. The normalized spacial score (nSPS) is 21.6. The summed E-state index contributed by atoms with van der Waals surface area (Å²) < 4.78 is 0. The predicted octanol–water partition coefficient (Wildman–Crippen LogP) is 3.71. The minimum atomic E-state index is -1.23. The van der Waals surface area contributed by atoms with Gasteiger partial charge in [-0.15, -0.1) is 0 Å². The molecule has 1 atom stereocenters. The summed E-state index contributed by atoms with van der Waals surface area (Å²) in [5.74, 6) is 0. The first-order valence-corrected chi connectivity index (χ1v) is 8.99. The highest BCUT2D eigenvalue weighted by molar-refractivity contribution is 6.91. The largest absolute Gasteiger partial charge is 0.0885 e. The zero-order valence-corrected chi connectivity index (χ0v) is 10.7. The second kappa shape index (κ2) is 4.36. The summed E-state index contributed by atoms with van der Waals surface area (Å²) in [6, 6.07) is 11.1. The van der Waals surface area contributed by atoms with Crippen molar-refractivity contribution in [2.75, 3.05) is 0 Å². The molecule has 0 aliphatic heterocycles. The Hall–Kier alpha value is -0.823. The van der Waals surface area contributed by atoms with Crippen molar-refractivity contribution < 1.29 is 0 Å². The predicted molar refractivity (Wildman–Crippen MR) is 70.3 cm³/mol. The van der Waals surface area contributed by atoms with Crippen LogP contribution in [0.25, 0.3) is 0 Å². The summed E-state index contributed by atoms with van der Waals surface area (Å²) in [5, 5.41) is 1.62. The van der Waals surface area contributed by atoms with Crippen LogP contribution in [0.3, 0.4) is 0 Å². The van der Waals surface area contributed by atoms with Gasteiger partial charge in [0.2, 0.25) is 0 Å². The first-order valence-electron chi connectivity index (χ1n) is 5.92. The van der Waals surface area contributed by atoms with Crippen LogP contribution >= 0.6 is 0 Å². The molecule has 0 fully saturated rings. The molecular formula is C14H20Si. The van der Waals surface area contributed by atoms with Crippen molar-refractivity contribution >= 4 is 13.3 Å². The molecule has 0 saturated carbocycles. The van der Waals surface area contributed by atoms with Gasteiger partial charge in [-0.05, 0) is 24.8 Å². The lowest BCUT2D eigenvalue weighted by atomic mass is 10.1. The molecule has 80 valence electrons. The van der Waals surface area contributed by atoms with Crippen LogP contribution in [-0.2, 0) is 0 Å². The Bertz CT molecular complexity index is 338. The summed E-state index contributed by atoms with van der Waals surface area (Å²) >= 11 is 0. The Labute approximate surface area is 94.0 Å². The highest BCUT2D eigenvalue weighted by Gasteiger charge is 2.32. The van der Waals surface area contributed by atoms with E-state index in [1.165, 1.54) is 19.3 Å². The van der Waals surface area contributed by atoms with Crippen LogP contribution in [0.2, 0.25) is 18.6 Å². The molecule has 0 radical (unpaired) electrons. The van der Waals surface area contributed by atoms with E-state index in [4.69, 9.17) is 0 Å². The van der Waals surface area contributed by atoms with Crippen molar-refractivity contribution in [3.05, 3.63) is 42.5 Å². The monoisotopic (exact) mass is 216 g/mol. The van der Waals surface area contributed by atoms with Crippen LogP contribution in [0.4, 0.5) is 0 Å². The molecule has 0 spiro atoms. The Morgan fingerprint density at radius 1 is 1.07 bits per heavy atom. The van der Waals surface area contributed by atoms with Crippen molar-refractivity contribution in [3.8, 4) is 0 Å². The second-order valence-corrected chi connectivity index (χ2v) is 9.91. The molecule has 2 rings (SSSR count). The maximum atomic E-state index is 2.52. The van der Waals surface area contributed by atoms with E-state index in [0.717, 1.165) is 5.54 Å². The molecule has 1 heteroatoms. The quantitative estimate of drug-likeness (QED) is 0.522. The smallest absolute Gasteiger partial charge is 0.0839 e. The number of allylic oxidation sites excluding steroid dienone is 2. The van der Waals surface area contributed by atoms with Gasteiger partial charge in [0, 0.05) is 0 Å². The molecular weight excluding hydrogens is 196 g/mol. The van der Waals surface area contributed by atoms with Gasteiger partial charge in [0.05, 0.1) is 8.07 Å². The Balaban J connectivity index is 2.22. The van der Waals surface area contributed by atoms with Gasteiger partial charge < -0.3 is 0 Å². The first kappa shape index (κ1) is 10.7. The molecule has 0 bridgehead atoms. The summed E-state index contributed by atoms with van der Waals surface area (Å²) in [4.78, 5) is 0. The second-order valence-electron chi connectivity index (χ2n) is 5.07. The highest BCUT2D eigenvalue weighted by atomic mass is 28.3. The third-order valence-corrected chi connectivity index (χ3v) is 8.19. The van der Waals surface area contributed by atoms with Gasteiger partial charge in [-0.25, -0.2) is 0 Å². The maximum absolute atomic E-state index is 2.52. The first-order chi connectivity index (χ1) is 7.21. The van der Waals surface area contributed by atoms with Gasteiger partial charge in [-0.1, -0.05) is 60.8 Å². The van der Waals surface area contributed by atoms with E-state index >= 15 is 0 Å². The van der Waals surface area contributed by atoms with E-state index in [1.54, 1.807) is 5.19 Å². The van der Waals surface area contributed by atoms with E-state index in [0.29, 0.717) is 0 Å². The molecule has 0 amide bonds. The van der Waals surface area contributed by atoms with Crippen LogP contribution in [0.5, 0.6) is 0 Å².